The number of piperidine rings is 1. The van der Waals surface area contributed by atoms with Gasteiger partial charge in [-0.2, -0.15) is 0 Å². The summed E-state index contributed by atoms with van der Waals surface area (Å²) in [6.07, 6.45) is 9.41. The van der Waals surface area contributed by atoms with Crippen LogP contribution in [-0.4, -0.2) is 84.6 Å². The van der Waals surface area contributed by atoms with Gasteiger partial charge in [0.15, 0.2) is 0 Å². The van der Waals surface area contributed by atoms with Gasteiger partial charge >= 0.3 is 0 Å². The number of carbonyl (C=O) groups excluding carboxylic acids is 1. The molecule has 1 amide bonds. The lowest BCUT2D eigenvalue weighted by molar-refractivity contribution is -0.140. The molecule has 0 radical (unpaired) electrons. The zero-order chi connectivity index (χ0) is 24.0. The van der Waals surface area contributed by atoms with Gasteiger partial charge in [0.2, 0.25) is 5.91 Å². The molecule has 0 unspecified atom stereocenters. The molecule has 4 aliphatic carbocycles. The summed E-state index contributed by atoms with van der Waals surface area (Å²) >= 11 is 0. The van der Waals surface area contributed by atoms with E-state index in [9.17, 15) is 20.1 Å². The molecular formula is C25H41N5O4. The fourth-order valence-corrected chi connectivity index (χ4v) is 8.37. The Morgan fingerprint density at radius 3 is 2.32 bits per heavy atom. The molecule has 5 atom stereocenters. The topological polar surface area (TPSA) is 124 Å². The van der Waals surface area contributed by atoms with E-state index in [4.69, 9.17) is 0 Å². The number of hydrogen-bond donors (Lipinski definition) is 4. The smallest absolute Gasteiger partial charge is 0.217 e. The first kappa shape index (κ1) is 24.2. The summed E-state index contributed by atoms with van der Waals surface area (Å²) in [5.41, 5.74) is 1.29. The van der Waals surface area contributed by atoms with Gasteiger partial charge in [-0.05, 0) is 68.1 Å². The van der Waals surface area contributed by atoms with E-state index in [-0.39, 0.29) is 18.6 Å². The molecule has 4 N–H and O–H groups in total. The van der Waals surface area contributed by atoms with Crippen LogP contribution < -0.4 is 5.32 Å². The highest BCUT2D eigenvalue weighted by Crippen LogP contribution is 2.60. The Bertz CT molecular complexity index is 840. The summed E-state index contributed by atoms with van der Waals surface area (Å²) in [7, 11) is 0. The zero-order valence-corrected chi connectivity index (χ0v) is 20.5. The van der Waals surface area contributed by atoms with Crippen molar-refractivity contribution in [2.75, 3.05) is 13.2 Å². The van der Waals surface area contributed by atoms with Gasteiger partial charge in [0.25, 0.3) is 0 Å². The van der Waals surface area contributed by atoms with E-state index < -0.39 is 24.3 Å². The summed E-state index contributed by atoms with van der Waals surface area (Å²) in [6, 6.07) is -1.37. The number of nitrogens with zero attached hydrogens (tertiary/aromatic N) is 4. The minimum Gasteiger partial charge on any atom is -0.395 e. The first-order chi connectivity index (χ1) is 16.3. The Hall–Kier alpha value is -1.55. The number of likely N-dealkylation sites (tertiary alicyclic amines) is 1. The van der Waals surface area contributed by atoms with E-state index in [0.717, 1.165) is 30.0 Å². The molecular weight excluding hydrogens is 434 g/mol. The van der Waals surface area contributed by atoms with Gasteiger partial charge in [-0.25, -0.2) is 0 Å². The number of aliphatic hydroxyl groups excluding tert-OH is 3. The van der Waals surface area contributed by atoms with Crippen LogP contribution in [0.1, 0.15) is 64.5 Å². The predicted octanol–water partition coefficient (Wildman–Crippen LogP) is 0.719. The van der Waals surface area contributed by atoms with Gasteiger partial charge in [-0.3, -0.25) is 14.4 Å². The van der Waals surface area contributed by atoms with E-state index in [1.54, 1.807) is 0 Å². The highest BCUT2D eigenvalue weighted by atomic mass is 16.3. The maximum Gasteiger partial charge on any atom is 0.217 e. The van der Waals surface area contributed by atoms with Crippen LogP contribution in [0.15, 0.2) is 6.20 Å². The Kier molecular flexibility index (Phi) is 6.74. The molecule has 6 rings (SSSR count). The van der Waals surface area contributed by atoms with Crippen LogP contribution in [0.2, 0.25) is 0 Å². The van der Waals surface area contributed by atoms with Crippen molar-refractivity contribution in [1.29, 1.82) is 0 Å². The molecule has 0 aromatic carbocycles. The standard InChI is InChI=1S/C25H41N5O4/c1-3-20-22(26-15(2)32)24(34)23(33)21(13-31)30(20)5-4-19-12-29(28-27-19)14-25-9-16-6-17(10-25)8-18(7-16)11-25/h12,16-18,20-24,31,33-34H,3-11,13-14H2,1-2H3,(H,26,32)/t16-,17-,18?,20-,21-,22+,23-,24-,25?/m1/s1. The molecule has 4 saturated carbocycles. The third-order valence-electron chi connectivity index (χ3n) is 9.23. The van der Waals surface area contributed by atoms with Crippen molar-refractivity contribution in [3.05, 3.63) is 11.9 Å². The second kappa shape index (κ2) is 9.48. The number of hydrogen-bond acceptors (Lipinski definition) is 7. The van der Waals surface area contributed by atoms with Crippen LogP contribution in [0.3, 0.4) is 0 Å². The Morgan fingerprint density at radius 1 is 1.12 bits per heavy atom. The highest BCUT2D eigenvalue weighted by Gasteiger charge is 2.51. The van der Waals surface area contributed by atoms with Crippen LogP contribution in [0.4, 0.5) is 0 Å². The molecule has 5 aliphatic rings. The lowest BCUT2D eigenvalue weighted by Gasteiger charge is -2.56. The average Bonchev–Trinajstić information content (AvgIpc) is 3.21. The SMILES string of the molecule is CC[C@@H]1[C@H](NC(C)=O)[C@@H](O)[C@H](O)[C@@H](CO)N1CCc1cn(CC23CC4C[C@H](C2)C[C@H](C4)C3)nn1. The van der Waals surface area contributed by atoms with Gasteiger partial charge in [-0.15, -0.1) is 5.10 Å². The molecule has 0 spiro atoms. The Morgan fingerprint density at radius 2 is 1.76 bits per heavy atom. The van der Waals surface area contributed by atoms with Crippen LogP contribution in [0.25, 0.3) is 0 Å². The monoisotopic (exact) mass is 475 g/mol. The summed E-state index contributed by atoms with van der Waals surface area (Å²) in [5, 5.41) is 43.0. The predicted molar refractivity (Wildman–Crippen MR) is 126 cm³/mol. The van der Waals surface area contributed by atoms with E-state index in [0.29, 0.717) is 24.8 Å². The summed E-state index contributed by atoms with van der Waals surface area (Å²) in [4.78, 5) is 13.8. The van der Waals surface area contributed by atoms with E-state index >= 15 is 0 Å². The Labute approximate surface area is 201 Å². The van der Waals surface area contributed by atoms with Crippen molar-refractivity contribution in [3.8, 4) is 0 Å². The van der Waals surface area contributed by atoms with Crippen LogP contribution in [-0.2, 0) is 17.8 Å². The number of aliphatic hydroxyl groups is 3. The van der Waals surface area contributed by atoms with Crippen molar-refractivity contribution >= 4 is 5.91 Å². The van der Waals surface area contributed by atoms with E-state index in [1.165, 1.54) is 45.4 Å². The fraction of sp³-hybridized carbons (Fsp3) is 0.880. The number of rotatable bonds is 8. The second-order valence-electron chi connectivity index (χ2n) is 11.7. The van der Waals surface area contributed by atoms with Gasteiger partial charge in [0.1, 0.15) is 6.10 Å². The zero-order valence-electron chi connectivity index (χ0n) is 20.5. The lowest BCUT2D eigenvalue weighted by Crippen LogP contribution is -2.71. The van der Waals surface area contributed by atoms with Gasteiger partial charge < -0.3 is 20.6 Å². The van der Waals surface area contributed by atoms with Crippen molar-refractivity contribution in [1.82, 2.24) is 25.2 Å². The minimum absolute atomic E-state index is 0.193. The van der Waals surface area contributed by atoms with Crippen LogP contribution in [0, 0.1) is 23.2 Å². The van der Waals surface area contributed by atoms with Crippen molar-refractivity contribution in [2.24, 2.45) is 23.2 Å². The number of carbonyl (C=O) groups is 1. The lowest BCUT2D eigenvalue weighted by atomic mass is 9.49. The normalized spacial score (nSPS) is 41.7. The molecule has 5 fully saturated rings. The first-order valence-electron chi connectivity index (χ1n) is 13.2. The second-order valence-corrected chi connectivity index (χ2v) is 11.7. The van der Waals surface area contributed by atoms with Gasteiger partial charge in [-0.1, -0.05) is 12.1 Å². The van der Waals surface area contributed by atoms with Crippen LogP contribution >= 0.6 is 0 Å². The molecule has 1 aromatic rings. The van der Waals surface area contributed by atoms with E-state index in [2.05, 4.69) is 21.8 Å². The summed E-state index contributed by atoms with van der Waals surface area (Å²) in [5.74, 6) is 2.49. The molecule has 9 nitrogen and oxygen atoms in total. The third kappa shape index (κ3) is 4.52. The molecule has 190 valence electrons. The average molecular weight is 476 g/mol. The summed E-state index contributed by atoms with van der Waals surface area (Å²) in [6.45, 7) is 4.66. The largest absolute Gasteiger partial charge is 0.395 e. The van der Waals surface area contributed by atoms with Crippen molar-refractivity contribution in [3.63, 3.8) is 0 Å². The number of amides is 1. The molecule has 34 heavy (non-hydrogen) atoms. The third-order valence-corrected chi connectivity index (χ3v) is 9.23. The summed E-state index contributed by atoms with van der Waals surface area (Å²) < 4.78 is 2.04. The van der Waals surface area contributed by atoms with E-state index in [1.807, 2.05) is 16.5 Å². The van der Waals surface area contributed by atoms with Crippen LogP contribution in [0.5, 0.6) is 0 Å². The fourth-order valence-electron chi connectivity index (χ4n) is 8.37. The number of aromatic nitrogens is 3. The molecule has 1 aromatic heterocycles. The first-order valence-corrected chi connectivity index (χ1v) is 13.2. The molecule has 1 aliphatic heterocycles. The Balaban J connectivity index is 1.25. The maximum atomic E-state index is 11.7. The molecule has 9 heteroatoms. The van der Waals surface area contributed by atoms with Crippen molar-refractivity contribution in [2.45, 2.75) is 102 Å². The quantitative estimate of drug-likeness (QED) is 0.437. The van der Waals surface area contributed by atoms with Gasteiger partial charge in [0, 0.05) is 38.7 Å². The molecule has 1 saturated heterocycles. The van der Waals surface area contributed by atoms with Crippen molar-refractivity contribution < 1.29 is 20.1 Å². The maximum absolute atomic E-state index is 11.7. The van der Waals surface area contributed by atoms with Gasteiger partial charge in [0.05, 0.1) is 30.5 Å². The molecule has 2 heterocycles. The highest BCUT2D eigenvalue weighted by molar-refractivity contribution is 5.73. The minimum atomic E-state index is -1.14. The number of nitrogens with one attached hydrogen (secondary N) is 1. The molecule has 4 bridgehead atoms.